The minimum absolute atomic E-state index is 0.356. The number of anilines is 1. The lowest BCUT2D eigenvalue weighted by Gasteiger charge is -2.36. The fourth-order valence-electron chi connectivity index (χ4n) is 2.32. The van der Waals surface area contributed by atoms with Crippen molar-refractivity contribution in [2.24, 2.45) is 11.7 Å². The molecule has 0 saturated carbocycles. The lowest BCUT2D eigenvalue weighted by Crippen LogP contribution is -2.45. The van der Waals surface area contributed by atoms with E-state index in [1.54, 1.807) is 0 Å². The van der Waals surface area contributed by atoms with Gasteiger partial charge in [-0.3, -0.25) is 0 Å². The molecule has 3 nitrogen and oxygen atoms in total. The first-order chi connectivity index (χ1) is 8.20. The quantitative estimate of drug-likeness (QED) is 0.872. The topological polar surface area (TPSA) is 38.5 Å². The summed E-state index contributed by atoms with van der Waals surface area (Å²) in [6.45, 7) is 7.05. The van der Waals surface area contributed by atoms with Crippen LogP contribution in [-0.2, 0) is 0 Å². The summed E-state index contributed by atoms with van der Waals surface area (Å²) < 4.78 is 5.45. The molecule has 0 spiro atoms. The molecule has 3 heteroatoms. The summed E-state index contributed by atoms with van der Waals surface area (Å²) in [7, 11) is 0. The predicted molar refractivity (Wildman–Crippen MR) is 71.6 cm³/mol. The van der Waals surface area contributed by atoms with Gasteiger partial charge in [-0.15, -0.1) is 0 Å². The van der Waals surface area contributed by atoms with Gasteiger partial charge < -0.3 is 15.4 Å². The van der Waals surface area contributed by atoms with Crippen molar-refractivity contribution in [3.63, 3.8) is 0 Å². The highest BCUT2D eigenvalue weighted by atomic mass is 16.5. The second-order valence-corrected chi connectivity index (χ2v) is 4.80. The highest BCUT2D eigenvalue weighted by Crippen LogP contribution is 2.24. The molecule has 2 N–H and O–H groups in total. The van der Waals surface area contributed by atoms with Gasteiger partial charge in [-0.05, 0) is 43.5 Å². The average Bonchev–Trinajstić information content (AvgIpc) is 2.34. The second-order valence-electron chi connectivity index (χ2n) is 4.80. The summed E-state index contributed by atoms with van der Waals surface area (Å²) in [6.07, 6.45) is 1.08. The molecule has 2 unspecified atom stereocenters. The van der Waals surface area contributed by atoms with Crippen LogP contribution in [-0.4, -0.2) is 25.7 Å². The Labute approximate surface area is 104 Å². The third-order valence-corrected chi connectivity index (χ3v) is 3.48. The molecule has 2 atom stereocenters. The number of hydrogen-bond acceptors (Lipinski definition) is 3. The number of piperidine rings is 1. The number of rotatable bonds is 3. The largest absolute Gasteiger partial charge is 0.494 e. The van der Waals surface area contributed by atoms with Crippen molar-refractivity contribution >= 4 is 5.69 Å². The van der Waals surface area contributed by atoms with Crippen molar-refractivity contribution < 1.29 is 4.74 Å². The highest BCUT2D eigenvalue weighted by molar-refractivity contribution is 5.49. The van der Waals surface area contributed by atoms with Crippen molar-refractivity contribution in [1.29, 1.82) is 0 Å². The molecule has 0 aliphatic carbocycles. The third-order valence-electron chi connectivity index (χ3n) is 3.48. The second kappa shape index (κ2) is 5.41. The summed E-state index contributed by atoms with van der Waals surface area (Å²) >= 11 is 0. The molecule has 1 aliphatic heterocycles. The van der Waals surface area contributed by atoms with Gasteiger partial charge in [0.25, 0.3) is 0 Å². The van der Waals surface area contributed by atoms with E-state index >= 15 is 0 Å². The summed E-state index contributed by atoms with van der Waals surface area (Å²) in [6, 6.07) is 8.70. The van der Waals surface area contributed by atoms with Gasteiger partial charge in [0.15, 0.2) is 0 Å². The number of benzene rings is 1. The zero-order chi connectivity index (χ0) is 12.3. The molecular formula is C14H22N2O. The Balaban J connectivity index is 2.02. The predicted octanol–water partition coefficient (Wildman–Crippen LogP) is 2.26. The van der Waals surface area contributed by atoms with Crippen LogP contribution in [0.15, 0.2) is 24.3 Å². The van der Waals surface area contributed by atoms with Crippen molar-refractivity contribution in [1.82, 2.24) is 0 Å². The van der Waals surface area contributed by atoms with E-state index in [1.165, 1.54) is 5.69 Å². The van der Waals surface area contributed by atoms with E-state index in [-0.39, 0.29) is 0 Å². The lowest BCUT2D eigenvalue weighted by atomic mass is 9.94. The third kappa shape index (κ3) is 2.91. The maximum absolute atomic E-state index is 6.04. The molecule has 1 fully saturated rings. The van der Waals surface area contributed by atoms with E-state index in [2.05, 4.69) is 24.0 Å². The van der Waals surface area contributed by atoms with E-state index < -0.39 is 0 Å². The molecule has 17 heavy (non-hydrogen) atoms. The van der Waals surface area contributed by atoms with Crippen LogP contribution in [0.1, 0.15) is 20.3 Å². The van der Waals surface area contributed by atoms with Crippen LogP contribution < -0.4 is 15.4 Å². The van der Waals surface area contributed by atoms with E-state index in [1.807, 2.05) is 19.1 Å². The Morgan fingerprint density at radius 3 is 2.65 bits per heavy atom. The van der Waals surface area contributed by atoms with Gasteiger partial charge >= 0.3 is 0 Å². The van der Waals surface area contributed by atoms with E-state index in [0.29, 0.717) is 12.0 Å². The molecule has 1 aliphatic rings. The molecule has 2 rings (SSSR count). The molecular weight excluding hydrogens is 212 g/mol. The average molecular weight is 234 g/mol. The molecule has 0 amide bonds. The normalized spacial score (nSPS) is 24.8. The zero-order valence-corrected chi connectivity index (χ0v) is 10.7. The van der Waals surface area contributed by atoms with Crippen molar-refractivity contribution in [2.75, 3.05) is 24.6 Å². The summed E-state index contributed by atoms with van der Waals surface area (Å²) in [5.74, 6) is 1.51. The Kier molecular flexibility index (Phi) is 3.89. The van der Waals surface area contributed by atoms with E-state index in [9.17, 15) is 0 Å². The smallest absolute Gasteiger partial charge is 0.119 e. The first-order valence-electron chi connectivity index (χ1n) is 6.44. The number of nitrogens with zero attached hydrogens (tertiary/aromatic N) is 1. The zero-order valence-electron chi connectivity index (χ0n) is 10.7. The maximum Gasteiger partial charge on any atom is 0.119 e. The fraction of sp³-hybridized carbons (Fsp3) is 0.571. The monoisotopic (exact) mass is 234 g/mol. The number of ether oxygens (including phenoxy) is 1. The van der Waals surface area contributed by atoms with Crippen molar-refractivity contribution in [2.45, 2.75) is 26.3 Å². The minimum atomic E-state index is 0.356. The Morgan fingerprint density at radius 1 is 1.35 bits per heavy atom. The van der Waals surface area contributed by atoms with E-state index in [4.69, 9.17) is 10.5 Å². The molecule has 1 aromatic carbocycles. The SMILES string of the molecule is CCOc1ccc(N2CCC(N)C(C)C2)cc1. The minimum Gasteiger partial charge on any atom is -0.494 e. The summed E-state index contributed by atoms with van der Waals surface area (Å²) in [4.78, 5) is 2.41. The Morgan fingerprint density at radius 2 is 2.06 bits per heavy atom. The van der Waals surface area contributed by atoms with Gasteiger partial charge in [0.2, 0.25) is 0 Å². The van der Waals surface area contributed by atoms with Crippen LogP contribution in [0.4, 0.5) is 5.69 Å². The summed E-state index contributed by atoms with van der Waals surface area (Å²) in [5.41, 5.74) is 7.31. The molecule has 94 valence electrons. The molecule has 1 heterocycles. The Hall–Kier alpha value is -1.22. The molecule has 0 radical (unpaired) electrons. The maximum atomic E-state index is 6.04. The van der Waals surface area contributed by atoms with Gasteiger partial charge in [0.1, 0.15) is 5.75 Å². The van der Waals surface area contributed by atoms with Crippen LogP contribution in [0.25, 0.3) is 0 Å². The van der Waals surface area contributed by atoms with E-state index in [0.717, 1.165) is 31.9 Å². The number of nitrogens with two attached hydrogens (primary N) is 1. The van der Waals surface area contributed by atoms with Crippen LogP contribution in [0.3, 0.4) is 0 Å². The highest BCUT2D eigenvalue weighted by Gasteiger charge is 2.22. The number of hydrogen-bond donors (Lipinski definition) is 1. The van der Waals surface area contributed by atoms with Gasteiger partial charge in [-0.1, -0.05) is 6.92 Å². The van der Waals surface area contributed by atoms with Crippen LogP contribution in [0.5, 0.6) is 5.75 Å². The van der Waals surface area contributed by atoms with Crippen LogP contribution in [0, 0.1) is 5.92 Å². The fourth-order valence-corrected chi connectivity index (χ4v) is 2.32. The van der Waals surface area contributed by atoms with Crippen LogP contribution in [0.2, 0.25) is 0 Å². The molecule has 0 bridgehead atoms. The van der Waals surface area contributed by atoms with Gasteiger partial charge in [-0.25, -0.2) is 0 Å². The molecule has 0 aromatic heterocycles. The van der Waals surface area contributed by atoms with Crippen molar-refractivity contribution in [3.05, 3.63) is 24.3 Å². The summed E-state index contributed by atoms with van der Waals surface area (Å²) in [5, 5.41) is 0. The Bertz CT molecular complexity index is 350. The van der Waals surface area contributed by atoms with Gasteiger partial charge in [0, 0.05) is 24.8 Å². The van der Waals surface area contributed by atoms with Crippen molar-refractivity contribution in [3.8, 4) is 5.75 Å². The molecule has 1 saturated heterocycles. The first kappa shape index (κ1) is 12.2. The standard InChI is InChI=1S/C14H22N2O/c1-3-17-13-6-4-12(5-7-13)16-9-8-14(15)11(2)10-16/h4-7,11,14H,3,8-10,15H2,1-2H3. The molecule has 1 aromatic rings. The van der Waals surface area contributed by atoms with Gasteiger partial charge in [-0.2, -0.15) is 0 Å². The van der Waals surface area contributed by atoms with Crippen LogP contribution >= 0.6 is 0 Å². The first-order valence-corrected chi connectivity index (χ1v) is 6.44. The van der Waals surface area contributed by atoms with Gasteiger partial charge in [0.05, 0.1) is 6.61 Å². The lowest BCUT2D eigenvalue weighted by molar-refractivity contribution is 0.340.